The highest BCUT2D eigenvalue weighted by atomic mass is 15.1. The van der Waals surface area contributed by atoms with E-state index in [1.54, 1.807) is 6.08 Å². The molecule has 21 heavy (non-hydrogen) atoms. The van der Waals surface area contributed by atoms with Crippen molar-refractivity contribution in [2.24, 2.45) is 0 Å². The van der Waals surface area contributed by atoms with Crippen LogP contribution in [0.1, 0.15) is 5.56 Å². The SMILES string of the molecule is C=CCN(CC=C)c1ccc(C=CC=C(C#N)C#N)cc1. The Labute approximate surface area is 126 Å². The zero-order valence-electron chi connectivity index (χ0n) is 11.9. The van der Waals surface area contributed by atoms with Crippen molar-refractivity contribution in [2.45, 2.75) is 0 Å². The molecule has 104 valence electrons. The van der Waals surface area contributed by atoms with E-state index in [9.17, 15) is 0 Å². The molecule has 1 rings (SSSR count). The molecule has 0 heterocycles. The summed E-state index contributed by atoms with van der Waals surface area (Å²) >= 11 is 0. The van der Waals surface area contributed by atoms with Crippen LogP contribution in [0, 0.1) is 22.7 Å². The van der Waals surface area contributed by atoms with E-state index in [4.69, 9.17) is 10.5 Å². The topological polar surface area (TPSA) is 50.8 Å². The number of benzene rings is 1. The van der Waals surface area contributed by atoms with Gasteiger partial charge < -0.3 is 4.90 Å². The summed E-state index contributed by atoms with van der Waals surface area (Å²) in [5.74, 6) is 0. The maximum atomic E-state index is 8.63. The van der Waals surface area contributed by atoms with Gasteiger partial charge >= 0.3 is 0 Å². The van der Waals surface area contributed by atoms with Gasteiger partial charge in [-0.05, 0) is 23.8 Å². The fourth-order valence-electron chi connectivity index (χ4n) is 1.75. The Balaban J connectivity index is 2.83. The van der Waals surface area contributed by atoms with Crippen molar-refractivity contribution in [3.05, 3.63) is 72.9 Å². The Morgan fingerprint density at radius 1 is 1.05 bits per heavy atom. The zero-order valence-corrected chi connectivity index (χ0v) is 11.9. The molecule has 0 fully saturated rings. The molecular weight excluding hydrogens is 258 g/mol. The summed E-state index contributed by atoms with van der Waals surface area (Å²) in [5, 5.41) is 17.3. The fraction of sp³-hybridized carbons (Fsp3) is 0.111. The minimum atomic E-state index is 0.0889. The van der Waals surface area contributed by atoms with Gasteiger partial charge in [-0.3, -0.25) is 0 Å². The molecule has 0 aliphatic carbocycles. The Morgan fingerprint density at radius 3 is 2.10 bits per heavy atom. The predicted octanol–water partition coefficient (Wildman–Crippen LogP) is 3.85. The number of hydrogen-bond donors (Lipinski definition) is 0. The Hall–Kier alpha value is -3.04. The molecule has 0 bridgehead atoms. The first-order valence-corrected chi connectivity index (χ1v) is 6.50. The maximum absolute atomic E-state index is 8.63. The number of nitrogens with zero attached hydrogens (tertiary/aromatic N) is 3. The van der Waals surface area contributed by atoms with Gasteiger partial charge in [0.15, 0.2) is 0 Å². The molecule has 1 aromatic rings. The molecule has 0 atom stereocenters. The molecule has 0 spiro atoms. The van der Waals surface area contributed by atoms with Gasteiger partial charge in [0.05, 0.1) is 0 Å². The van der Waals surface area contributed by atoms with Crippen LogP contribution in [0.5, 0.6) is 0 Å². The lowest BCUT2D eigenvalue weighted by molar-refractivity contribution is 0.957. The molecule has 0 aliphatic heterocycles. The summed E-state index contributed by atoms with van der Waals surface area (Å²) in [6.45, 7) is 9.03. The summed E-state index contributed by atoms with van der Waals surface area (Å²) in [4.78, 5) is 2.15. The largest absolute Gasteiger partial charge is 0.364 e. The van der Waals surface area contributed by atoms with E-state index in [2.05, 4.69) is 18.1 Å². The van der Waals surface area contributed by atoms with Crippen molar-refractivity contribution in [1.82, 2.24) is 0 Å². The summed E-state index contributed by atoms with van der Waals surface area (Å²) in [7, 11) is 0. The van der Waals surface area contributed by atoms with Crippen molar-refractivity contribution >= 4 is 11.8 Å². The van der Waals surface area contributed by atoms with Crippen molar-refractivity contribution in [2.75, 3.05) is 18.0 Å². The van der Waals surface area contributed by atoms with Gasteiger partial charge in [-0.15, -0.1) is 13.2 Å². The first-order valence-electron chi connectivity index (χ1n) is 6.50. The van der Waals surface area contributed by atoms with E-state index in [1.165, 1.54) is 6.08 Å². The van der Waals surface area contributed by atoms with E-state index >= 15 is 0 Å². The van der Waals surface area contributed by atoms with Gasteiger partial charge in [0, 0.05) is 18.8 Å². The standard InChI is InChI=1S/C18H17N3/c1-3-12-21(13-4-2)18-10-8-16(9-11-18)6-5-7-17(14-19)15-20/h3-11H,1-2,12-13H2. The molecule has 0 aliphatic rings. The first kappa shape index (κ1) is 16.0. The second kappa shape index (κ2) is 8.96. The number of anilines is 1. The molecule has 0 saturated carbocycles. The van der Waals surface area contributed by atoms with E-state index in [0.717, 1.165) is 24.3 Å². The minimum absolute atomic E-state index is 0.0889. The second-order valence-electron chi connectivity index (χ2n) is 4.24. The van der Waals surface area contributed by atoms with Crippen molar-refractivity contribution in [3.8, 4) is 12.1 Å². The van der Waals surface area contributed by atoms with Crippen LogP contribution in [-0.2, 0) is 0 Å². The molecule has 0 radical (unpaired) electrons. The molecular formula is C18H17N3. The van der Waals surface area contributed by atoms with Crippen LogP contribution < -0.4 is 4.90 Å². The minimum Gasteiger partial charge on any atom is -0.364 e. The molecule has 1 aromatic carbocycles. The van der Waals surface area contributed by atoms with Crippen molar-refractivity contribution in [3.63, 3.8) is 0 Å². The molecule has 3 nitrogen and oxygen atoms in total. The summed E-state index contributed by atoms with van der Waals surface area (Å²) in [5.41, 5.74) is 2.19. The van der Waals surface area contributed by atoms with Gasteiger partial charge in [-0.25, -0.2) is 0 Å². The quantitative estimate of drug-likeness (QED) is 0.431. The average molecular weight is 275 g/mol. The van der Waals surface area contributed by atoms with Crippen molar-refractivity contribution < 1.29 is 0 Å². The Kier molecular flexibility index (Phi) is 6.83. The highest BCUT2D eigenvalue weighted by Gasteiger charge is 2.01. The summed E-state index contributed by atoms with van der Waals surface area (Å²) in [6.07, 6.45) is 8.75. The van der Waals surface area contributed by atoms with Gasteiger partial charge in [0.1, 0.15) is 17.7 Å². The normalized spacial score (nSPS) is 9.43. The molecule has 3 heteroatoms. The first-order chi connectivity index (χ1) is 10.2. The van der Waals surface area contributed by atoms with Crippen molar-refractivity contribution in [1.29, 1.82) is 10.5 Å². The lowest BCUT2D eigenvalue weighted by atomic mass is 10.1. The fourth-order valence-corrected chi connectivity index (χ4v) is 1.75. The molecule has 0 saturated heterocycles. The molecule has 0 N–H and O–H groups in total. The molecule has 0 unspecified atom stereocenters. The van der Waals surface area contributed by atoms with Crippen LogP contribution in [0.4, 0.5) is 5.69 Å². The predicted molar refractivity (Wildman–Crippen MR) is 87.4 cm³/mol. The molecule has 0 aromatic heterocycles. The lowest BCUT2D eigenvalue weighted by Crippen LogP contribution is -2.22. The third kappa shape index (κ3) is 5.22. The second-order valence-corrected chi connectivity index (χ2v) is 4.24. The van der Waals surface area contributed by atoms with Gasteiger partial charge in [0.25, 0.3) is 0 Å². The summed E-state index contributed by atoms with van der Waals surface area (Å²) < 4.78 is 0. The number of rotatable bonds is 7. The van der Waals surface area contributed by atoms with Crippen LogP contribution in [0.25, 0.3) is 6.08 Å². The van der Waals surface area contributed by atoms with Crippen LogP contribution in [0.2, 0.25) is 0 Å². The van der Waals surface area contributed by atoms with E-state index in [0.29, 0.717) is 0 Å². The van der Waals surface area contributed by atoms with Gasteiger partial charge in [-0.2, -0.15) is 10.5 Å². The third-order valence-electron chi connectivity index (χ3n) is 2.75. The highest BCUT2D eigenvalue weighted by Crippen LogP contribution is 2.16. The zero-order chi connectivity index (χ0) is 15.5. The number of nitriles is 2. The van der Waals surface area contributed by atoms with E-state index in [-0.39, 0.29) is 5.57 Å². The number of hydrogen-bond acceptors (Lipinski definition) is 3. The van der Waals surface area contributed by atoms with Gasteiger partial charge in [0.2, 0.25) is 0 Å². The van der Waals surface area contributed by atoms with Crippen LogP contribution in [0.15, 0.2) is 67.3 Å². The molecule has 0 amide bonds. The maximum Gasteiger partial charge on any atom is 0.129 e. The number of allylic oxidation sites excluding steroid dienone is 3. The van der Waals surface area contributed by atoms with E-state index < -0.39 is 0 Å². The summed E-state index contributed by atoms with van der Waals surface area (Å²) in [6, 6.07) is 11.6. The van der Waals surface area contributed by atoms with Crippen LogP contribution in [0.3, 0.4) is 0 Å². The monoisotopic (exact) mass is 275 g/mol. The average Bonchev–Trinajstić information content (AvgIpc) is 2.52. The lowest BCUT2D eigenvalue weighted by Gasteiger charge is -2.21. The van der Waals surface area contributed by atoms with Crippen LogP contribution >= 0.6 is 0 Å². The smallest absolute Gasteiger partial charge is 0.129 e. The highest BCUT2D eigenvalue weighted by molar-refractivity contribution is 5.58. The van der Waals surface area contributed by atoms with Gasteiger partial charge in [-0.1, -0.05) is 36.4 Å². The Bertz CT molecular complexity index is 596. The Morgan fingerprint density at radius 2 is 1.62 bits per heavy atom. The third-order valence-corrected chi connectivity index (χ3v) is 2.75. The van der Waals surface area contributed by atoms with Crippen LogP contribution in [-0.4, -0.2) is 13.1 Å². The van der Waals surface area contributed by atoms with E-state index in [1.807, 2.05) is 54.6 Å².